The Morgan fingerprint density at radius 2 is 1.91 bits per heavy atom. The molecule has 4 rings (SSSR count). The van der Waals surface area contributed by atoms with Gasteiger partial charge in [-0.3, -0.25) is 4.79 Å². The minimum absolute atomic E-state index is 0.0331. The fourth-order valence-corrected chi connectivity index (χ4v) is 5.08. The number of hydrogen-bond acceptors (Lipinski definition) is 6. The van der Waals surface area contributed by atoms with Crippen LogP contribution in [0.1, 0.15) is 64.4 Å². The van der Waals surface area contributed by atoms with Crippen molar-refractivity contribution in [2.24, 2.45) is 0 Å². The Bertz CT molecular complexity index is 922. The standard InChI is InChI=1S/C26H34N2O4/c1-4-28(5-2)19-13-11-18(12-14-19)24-23(26(30)32-16-20-8-7-15-31-20)17(3)27-21-9-6-10-22(29)25(21)24/h11-14,20,24,27H,4-10,15-16H2,1-3H3/t20-,24-/m0/s1. The molecule has 0 spiro atoms. The molecule has 0 aromatic heterocycles. The summed E-state index contributed by atoms with van der Waals surface area (Å²) in [6.45, 7) is 9.00. The molecule has 0 radical (unpaired) electrons. The topological polar surface area (TPSA) is 67.9 Å². The van der Waals surface area contributed by atoms with Crippen LogP contribution in [0.5, 0.6) is 0 Å². The molecule has 2 heterocycles. The molecule has 0 bridgehead atoms. The van der Waals surface area contributed by atoms with Crippen molar-refractivity contribution in [1.82, 2.24) is 5.32 Å². The molecule has 0 saturated carbocycles. The maximum atomic E-state index is 13.3. The van der Waals surface area contributed by atoms with Gasteiger partial charge in [-0.25, -0.2) is 4.79 Å². The third kappa shape index (κ3) is 4.46. The number of allylic oxidation sites excluding steroid dienone is 3. The normalized spacial score (nSPS) is 23.2. The number of esters is 1. The number of hydrogen-bond donors (Lipinski definition) is 1. The number of benzene rings is 1. The second kappa shape index (κ2) is 9.90. The number of nitrogens with one attached hydrogen (secondary N) is 1. The van der Waals surface area contributed by atoms with Crippen LogP contribution >= 0.6 is 0 Å². The number of dihydropyridines is 1. The first-order chi connectivity index (χ1) is 15.5. The minimum Gasteiger partial charge on any atom is -0.459 e. The number of ketones is 1. The highest BCUT2D eigenvalue weighted by Crippen LogP contribution is 2.42. The average molecular weight is 439 g/mol. The number of Topliss-reactive ketones (excluding diaryl/α,β-unsaturated/α-hetero) is 1. The van der Waals surface area contributed by atoms with E-state index in [9.17, 15) is 9.59 Å². The predicted octanol–water partition coefficient (Wildman–Crippen LogP) is 4.22. The lowest BCUT2D eigenvalue weighted by Gasteiger charge is -2.34. The van der Waals surface area contributed by atoms with Crippen LogP contribution in [-0.2, 0) is 19.1 Å². The molecule has 1 saturated heterocycles. The van der Waals surface area contributed by atoms with E-state index >= 15 is 0 Å². The molecule has 1 fully saturated rings. The Labute approximate surface area is 190 Å². The summed E-state index contributed by atoms with van der Waals surface area (Å²) in [5.74, 6) is -0.650. The highest BCUT2D eigenvalue weighted by atomic mass is 16.6. The van der Waals surface area contributed by atoms with Crippen molar-refractivity contribution in [3.05, 3.63) is 52.4 Å². The lowest BCUT2D eigenvalue weighted by atomic mass is 9.75. The van der Waals surface area contributed by atoms with Gasteiger partial charge in [0.15, 0.2) is 5.78 Å². The molecule has 1 N–H and O–H groups in total. The molecular weight excluding hydrogens is 404 g/mol. The Kier molecular flexibility index (Phi) is 6.99. The van der Waals surface area contributed by atoms with Gasteiger partial charge in [0, 0.05) is 54.7 Å². The van der Waals surface area contributed by atoms with Crippen LogP contribution in [0.2, 0.25) is 0 Å². The van der Waals surface area contributed by atoms with Gasteiger partial charge in [-0.05, 0) is 64.2 Å². The summed E-state index contributed by atoms with van der Waals surface area (Å²) in [5.41, 5.74) is 5.07. The molecule has 2 atom stereocenters. The molecule has 1 aromatic carbocycles. The number of carbonyl (C=O) groups excluding carboxylic acids is 2. The highest BCUT2D eigenvalue weighted by molar-refractivity contribution is 6.03. The number of rotatable bonds is 7. The largest absolute Gasteiger partial charge is 0.459 e. The van der Waals surface area contributed by atoms with E-state index in [0.717, 1.165) is 73.6 Å². The third-order valence-corrected chi connectivity index (χ3v) is 6.78. The first-order valence-electron chi connectivity index (χ1n) is 11.9. The highest BCUT2D eigenvalue weighted by Gasteiger charge is 2.39. The van der Waals surface area contributed by atoms with Crippen molar-refractivity contribution in [1.29, 1.82) is 0 Å². The van der Waals surface area contributed by atoms with Crippen molar-refractivity contribution in [3.8, 4) is 0 Å². The van der Waals surface area contributed by atoms with E-state index in [0.29, 0.717) is 12.0 Å². The van der Waals surface area contributed by atoms with E-state index in [-0.39, 0.29) is 24.5 Å². The fourth-order valence-electron chi connectivity index (χ4n) is 5.08. The summed E-state index contributed by atoms with van der Waals surface area (Å²) >= 11 is 0. The van der Waals surface area contributed by atoms with Crippen molar-refractivity contribution in [3.63, 3.8) is 0 Å². The monoisotopic (exact) mass is 438 g/mol. The first kappa shape index (κ1) is 22.6. The van der Waals surface area contributed by atoms with Crippen molar-refractivity contribution < 1.29 is 19.1 Å². The summed E-state index contributed by atoms with van der Waals surface area (Å²) in [6.07, 6.45) is 4.06. The molecule has 2 aliphatic heterocycles. The molecule has 0 unspecified atom stereocenters. The van der Waals surface area contributed by atoms with Crippen LogP contribution in [0.25, 0.3) is 0 Å². The van der Waals surface area contributed by atoms with Gasteiger partial charge in [0.1, 0.15) is 6.61 Å². The molecule has 172 valence electrons. The third-order valence-electron chi connectivity index (χ3n) is 6.78. The van der Waals surface area contributed by atoms with E-state index in [4.69, 9.17) is 9.47 Å². The van der Waals surface area contributed by atoms with Crippen molar-refractivity contribution in [2.75, 3.05) is 31.2 Å². The molecular formula is C26H34N2O4. The zero-order chi connectivity index (χ0) is 22.7. The molecule has 1 aliphatic carbocycles. The zero-order valence-corrected chi connectivity index (χ0v) is 19.4. The van der Waals surface area contributed by atoms with E-state index in [1.807, 2.05) is 6.92 Å². The van der Waals surface area contributed by atoms with Crippen molar-refractivity contribution >= 4 is 17.4 Å². The molecule has 1 aromatic rings. The average Bonchev–Trinajstić information content (AvgIpc) is 3.32. The van der Waals surface area contributed by atoms with Gasteiger partial charge in [-0.1, -0.05) is 12.1 Å². The van der Waals surface area contributed by atoms with Gasteiger partial charge in [0.2, 0.25) is 0 Å². The van der Waals surface area contributed by atoms with Gasteiger partial charge in [-0.15, -0.1) is 0 Å². The maximum Gasteiger partial charge on any atom is 0.336 e. The van der Waals surface area contributed by atoms with E-state index in [1.165, 1.54) is 0 Å². The zero-order valence-electron chi connectivity index (χ0n) is 19.4. The van der Waals surface area contributed by atoms with Crippen LogP contribution in [0.3, 0.4) is 0 Å². The second-order valence-electron chi connectivity index (χ2n) is 8.76. The SMILES string of the molecule is CCN(CC)c1ccc([C@H]2C(C(=O)OC[C@@H]3CCCO3)=C(C)NC3=C2C(=O)CCC3)cc1. The Hall–Kier alpha value is -2.60. The number of carbonyl (C=O) groups is 2. The number of anilines is 1. The van der Waals surface area contributed by atoms with Crippen LogP contribution in [0.4, 0.5) is 5.69 Å². The molecule has 3 aliphatic rings. The molecule has 6 nitrogen and oxygen atoms in total. The van der Waals surface area contributed by atoms with E-state index in [2.05, 4.69) is 48.3 Å². The number of ether oxygens (including phenoxy) is 2. The van der Waals surface area contributed by atoms with E-state index < -0.39 is 5.92 Å². The summed E-state index contributed by atoms with van der Waals surface area (Å²) in [5, 5.41) is 3.35. The van der Waals surface area contributed by atoms with Gasteiger partial charge >= 0.3 is 5.97 Å². The predicted molar refractivity (Wildman–Crippen MR) is 124 cm³/mol. The summed E-state index contributed by atoms with van der Waals surface area (Å²) in [7, 11) is 0. The van der Waals surface area contributed by atoms with Crippen molar-refractivity contribution in [2.45, 2.75) is 64.9 Å². The fraction of sp³-hybridized carbons (Fsp3) is 0.538. The van der Waals surface area contributed by atoms with Crippen LogP contribution in [0.15, 0.2) is 46.8 Å². The lowest BCUT2D eigenvalue weighted by Crippen LogP contribution is -2.35. The lowest BCUT2D eigenvalue weighted by molar-refractivity contribution is -0.142. The maximum absolute atomic E-state index is 13.3. The summed E-state index contributed by atoms with van der Waals surface area (Å²) in [4.78, 5) is 28.6. The van der Waals surface area contributed by atoms with E-state index in [1.54, 1.807) is 0 Å². The Morgan fingerprint density at radius 1 is 1.16 bits per heavy atom. The molecule has 0 amide bonds. The summed E-state index contributed by atoms with van der Waals surface area (Å²) < 4.78 is 11.3. The van der Waals surface area contributed by atoms with Gasteiger partial charge in [-0.2, -0.15) is 0 Å². The smallest absolute Gasteiger partial charge is 0.336 e. The Balaban J connectivity index is 1.67. The molecule has 32 heavy (non-hydrogen) atoms. The summed E-state index contributed by atoms with van der Waals surface area (Å²) in [6, 6.07) is 8.28. The molecule has 6 heteroatoms. The minimum atomic E-state index is -0.401. The number of nitrogens with zero attached hydrogens (tertiary/aromatic N) is 1. The van der Waals surface area contributed by atoms with Crippen LogP contribution < -0.4 is 10.2 Å². The van der Waals surface area contributed by atoms with Gasteiger partial charge in [0.05, 0.1) is 11.7 Å². The van der Waals surface area contributed by atoms with Crippen LogP contribution in [-0.4, -0.2) is 44.2 Å². The Morgan fingerprint density at radius 3 is 2.56 bits per heavy atom. The second-order valence-corrected chi connectivity index (χ2v) is 8.76. The quantitative estimate of drug-likeness (QED) is 0.643. The first-order valence-corrected chi connectivity index (χ1v) is 11.9. The van der Waals surface area contributed by atoms with Gasteiger partial charge < -0.3 is 19.7 Å². The van der Waals surface area contributed by atoms with Gasteiger partial charge in [0.25, 0.3) is 0 Å². The van der Waals surface area contributed by atoms with Crippen LogP contribution in [0, 0.1) is 0 Å².